The van der Waals surface area contributed by atoms with E-state index in [1.54, 1.807) is 11.8 Å². The molecule has 0 amide bonds. The van der Waals surface area contributed by atoms with Gasteiger partial charge in [-0.15, -0.1) is 15.3 Å². The van der Waals surface area contributed by atoms with Crippen LogP contribution in [0, 0.1) is 5.92 Å². The molecule has 138 valence electrons. The van der Waals surface area contributed by atoms with E-state index < -0.39 is 0 Å². The molecule has 1 saturated heterocycles. The summed E-state index contributed by atoms with van der Waals surface area (Å²) in [7, 11) is 0. The van der Waals surface area contributed by atoms with E-state index in [0.29, 0.717) is 11.7 Å². The molecule has 0 bridgehead atoms. The van der Waals surface area contributed by atoms with Crippen LogP contribution in [0.15, 0.2) is 5.16 Å². The summed E-state index contributed by atoms with van der Waals surface area (Å²) in [6.45, 7) is 11.4. The van der Waals surface area contributed by atoms with Gasteiger partial charge in [-0.3, -0.25) is 4.57 Å². The van der Waals surface area contributed by atoms with Gasteiger partial charge in [0.25, 0.3) is 0 Å². The molecule has 0 radical (unpaired) electrons. The van der Waals surface area contributed by atoms with E-state index in [9.17, 15) is 0 Å². The molecule has 0 saturated carbocycles. The largest absolute Gasteiger partial charge is 0.378 e. The van der Waals surface area contributed by atoms with Gasteiger partial charge in [-0.1, -0.05) is 32.5 Å². The summed E-state index contributed by atoms with van der Waals surface area (Å²) in [5, 5.41) is 21.8. The van der Waals surface area contributed by atoms with E-state index >= 15 is 0 Å². The molecule has 2 aromatic heterocycles. The molecule has 0 unspecified atom stereocenters. The Morgan fingerprint density at radius 1 is 1.16 bits per heavy atom. The number of rotatable bonds is 8. The maximum atomic E-state index is 5.45. The Hall–Kier alpha value is -1.68. The highest BCUT2D eigenvalue weighted by Crippen LogP contribution is 2.26. The van der Waals surface area contributed by atoms with Crippen LogP contribution < -0.4 is 4.90 Å². The van der Waals surface area contributed by atoms with Crippen LogP contribution in [-0.4, -0.2) is 61.3 Å². The highest BCUT2D eigenvalue weighted by Gasteiger charge is 2.21. The third-order valence-electron chi connectivity index (χ3n) is 3.91. The van der Waals surface area contributed by atoms with Crippen molar-refractivity contribution in [2.45, 2.75) is 51.2 Å². The number of tetrazole rings is 1. The molecule has 0 atom stereocenters. The number of thioether (sulfide) groups is 1. The summed E-state index contributed by atoms with van der Waals surface area (Å²) in [5.74, 6) is 3.01. The number of anilines is 1. The molecule has 0 spiro atoms. The number of nitrogens with zero attached hydrogens (tertiary/aromatic N) is 8. The Balaban J connectivity index is 1.75. The van der Waals surface area contributed by atoms with Crippen molar-refractivity contribution >= 4 is 17.7 Å². The quantitative estimate of drug-likeness (QED) is 0.649. The fourth-order valence-electron chi connectivity index (χ4n) is 2.75. The Morgan fingerprint density at radius 2 is 1.96 bits per heavy atom. The smallest absolute Gasteiger partial charge is 0.228 e. The van der Waals surface area contributed by atoms with Gasteiger partial charge in [0.15, 0.2) is 11.0 Å². The molecule has 1 aliphatic rings. The second-order valence-corrected chi connectivity index (χ2v) is 7.44. The van der Waals surface area contributed by atoms with Gasteiger partial charge >= 0.3 is 0 Å². The average molecular weight is 366 g/mol. The van der Waals surface area contributed by atoms with Crippen LogP contribution in [0.2, 0.25) is 0 Å². The molecule has 3 rings (SSSR count). The molecule has 1 fully saturated rings. The number of ether oxygens (including phenoxy) is 1. The van der Waals surface area contributed by atoms with E-state index in [1.165, 1.54) is 0 Å². The summed E-state index contributed by atoms with van der Waals surface area (Å²) in [4.78, 5) is 2.25. The van der Waals surface area contributed by atoms with Crippen LogP contribution in [0.3, 0.4) is 0 Å². The Morgan fingerprint density at radius 3 is 2.68 bits per heavy atom. The van der Waals surface area contributed by atoms with Gasteiger partial charge in [0.05, 0.1) is 19.0 Å². The molecule has 1 aliphatic heterocycles. The zero-order chi connectivity index (χ0) is 17.6. The van der Waals surface area contributed by atoms with Gasteiger partial charge in [-0.05, 0) is 22.8 Å². The zero-order valence-corrected chi connectivity index (χ0v) is 15.9. The minimum absolute atomic E-state index is 0.514. The molecular formula is C15H26N8OS. The predicted octanol–water partition coefficient (Wildman–Crippen LogP) is 1.46. The lowest BCUT2D eigenvalue weighted by Crippen LogP contribution is -2.38. The van der Waals surface area contributed by atoms with Crippen LogP contribution in [0.4, 0.5) is 5.95 Å². The van der Waals surface area contributed by atoms with E-state index in [0.717, 1.165) is 62.7 Å². The van der Waals surface area contributed by atoms with Crippen molar-refractivity contribution in [1.82, 2.24) is 35.0 Å². The van der Waals surface area contributed by atoms with Gasteiger partial charge in [-0.2, -0.15) is 0 Å². The number of morpholine rings is 1. The summed E-state index contributed by atoms with van der Waals surface area (Å²) in [5.41, 5.74) is 0. The van der Waals surface area contributed by atoms with Crippen LogP contribution in [0.25, 0.3) is 0 Å². The van der Waals surface area contributed by atoms with E-state index in [2.05, 4.69) is 56.0 Å². The molecular weight excluding hydrogens is 340 g/mol. The van der Waals surface area contributed by atoms with Gasteiger partial charge in [0.2, 0.25) is 5.95 Å². The molecule has 2 aromatic rings. The van der Waals surface area contributed by atoms with E-state index in [4.69, 9.17) is 4.74 Å². The lowest BCUT2D eigenvalue weighted by atomic mass is 10.2. The van der Waals surface area contributed by atoms with Crippen LogP contribution >= 0.6 is 11.8 Å². The standard InChI is InChI=1S/C15H26N8OS/c1-4-5-23-13(16-19-20-23)11-25-15-18-17-14(22(15)10-12(2)3)21-6-8-24-9-7-21/h12H,4-11H2,1-3H3. The number of hydrogen-bond donors (Lipinski definition) is 0. The van der Waals surface area contributed by atoms with Crippen molar-refractivity contribution in [3.8, 4) is 0 Å². The van der Waals surface area contributed by atoms with Crippen molar-refractivity contribution in [1.29, 1.82) is 0 Å². The highest BCUT2D eigenvalue weighted by atomic mass is 32.2. The maximum Gasteiger partial charge on any atom is 0.228 e. The third kappa shape index (κ3) is 4.49. The summed E-state index contributed by atoms with van der Waals surface area (Å²) >= 11 is 1.64. The molecule has 10 heteroatoms. The minimum Gasteiger partial charge on any atom is -0.378 e. The Labute approximate surface area is 152 Å². The fourth-order valence-corrected chi connectivity index (χ4v) is 3.63. The summed E-state index contributed by atoms with van der Waals surface area (Å²) in [6, 6.07) is 0. The maximum absolute atomic E-state index is 5.45. The first kappa shape index (κ1) is 18.1. The van der Waals surface area contributed by atoms with Crippen molar-refractivity contribution in [2.75, 3.05) is 31.2 Å². The number of aryl methyl sites for hydroxylation is 1. The van der Waals surface area contributed by atoms with Gasteiger partial charge in [-0.25, -0.2) is 4.68 Å². The molecule has 3 heterocycles. The topological polar surface area (TPSA) is 86.8 Å². The second-order valence-electron chi connectivity index (χ2n) is 6.49. The van der Waals surface area contributed by atoms with Crippen molar-refractivity contribution in [2.24, 2.45) is 5.92 Å². The number of aromatic nitrogens is 7. The molecule has 0 aliphatic carbocycles. The van der Waals surface area contributed by atoms with Gasteiger partial charge < -0.3 is 9.64 Å². The third-order valence-corrected chi connectivity index (χ3v) is 4.87. The molecule has 25 heavy (non-hydrogen) atoms. The highest BCUT2D eigenvalue weighted by molar-refractivity contribution is 7.98. The average Bonchev–Trinajstić information content (AvgIpc) is 3.21. The Kier molecular flexibility index (Phi) is 6.24. The lowest BCUT2D eigenvalue weighted by molar-refractivity contribution is 0.121. The monoisotopic (exact) mass is 366 g/mol. The molecule has 0 aromatic carbocycles. The predicted molar refractivity (Wildman–Crippen MR) is 95.6 cm³/mol. The summed E-state index contributed by atoms with van der Waals surface area (Å²) < 4.78 is 9.53. The van der Waals surface area contributed by atoms with E-state index in [1.807, 2.05) is 4.68 Å². The van der Waals surface area contributed by atoms with Crippen molar-refractivity contribution < 1.29 is 4.74 Å². The SMILES string of the molecule is CCCn1nnnc1CSc1nnc(N2CCOCC2)n1CC(C)C. The Bertz CT molecular complexity index is 664. The fraction of sp³-hybridized carbons (Fsp3) is 0.800. The molecule has 0 N–H and O–H groups in total. The first-order chi connectivity index (χ1) is 12.2. The summed E-state index contributed by atoms with van der Waals surface area (Å²) in [6.07, 6.45) is 1.01. The van der Waals surface area contributed by atoms with Gasteiger partial charge in [0.1, 0.15) is 0 Å². The second kappa shape index (κ2) is 8.61. The molecule has 9 nitrogen and oxygen atoms in total. The van der Waals surface area contributed by atoms with E-state index in [-0.39, 0.29) is 0 Å². The van der Waals surface area contributed by atoms with Gasteiger partial charge in [0, 0.05) is 26.2 Å². The van der Waals surface area contributed by atoms with Crippen LogP contribution in [0.1, 0.15) is 33.0 Å². The van der Waals surface area contributed by atoms with Crippen LogP contribution in [0.5, 0.6) is 0 Å². The van der Waals surface area contributed by atoms with Crippen molar-refractivity contribution in [3.63, 3.8) is 0 Å². The first-order valence-corrected chi connectivity index (χ1v) is 9.81. The van der Waals surface area contributed by atoms with Crippen molar-refractivity contribution in [3.05, 3.63) is 5.82 Å². The lowest BCUT2D eigenvalue weighted by Gasteiger charge is -2.28. The van der Waals surface area contributed by atoms with Crippen LogP contribution in [-0.2, 0) is 23.6 Å². The zero-order valence-electron chi connectivity index (χ0n) is 15.1. The minimum atomic E-state index is 0.514. The first-order valence-electron chi connectivity index (χ1n) is 8.82. The normalized spacial score (nSPS) is 15.3. The number of hydrogen-bond acceptors (Lipinski definition) is 8.